The van der Waals surface area contributed by atoms with Crippen molar-refractivity contribution in [1.82, 2.24) is 9.88 Å². The number of amides is 1. The van der Waals surface area contributed by atoms with E-state index >= 15 is 0 Å². The molecule has 0 aliphatic carbocycles. The molecular weight excluding hydrogens is 498 g/mol. The summed E-state index contributed by atoms with van der Waals surface area (Å²) in [4.78, 5) is 47.3. The smallest absolute Gasteiger partial charge is 0.435 e. The van der Waals surface area contributed by atoms with Gasteiger partial charge in [0.2, 0.25) is 0 Å². The normalized spacial score (nSPS) is 15.4. The Bertz CT molecular complexity index is 1080. The number of ether oxygens (including phenoxy) is 2. The number of carbonyl (C=O) groups excluding carboxylic acids is 2. The minimum atomic E-state index is -0.858. The highest BCUT2D eigenvalue weighted by Crippen LogP contribution is 2.31. The van der Waals surface area contributed by atoms with Crippen LogP contribution >= 0.6 is 11.3 Å². The molecule has 37 heavy (non-hydrogen) atoms. The number of rotatable bonds is 11. The van der Waals surface area contributed by atoms with Crippen molar-refractivity contribution < 1.29 is 29.0 Å². The first kappa shape index (κ1) is 28.2. The average molecular weight is 532 g/mol. The monoisotopic (exact) mass is 531 g/mol. The fraction of sp³-hybridized carbons (Fsp3) is 0.480. The van der Waals surface area contributed by atoms with Crippen molar-refractivity contribution in [3.8, 4) is 11.3 Å². The molecule has 0 bridgehead atoms. The third kappa shape index (κ3) is 8.92. The van der Waals surface area contributed by atoms with E-state index in [1.54, 1.807) is 13.8 Å². The summed E-state index contributed by atoms with van der Waals surface area (Å²) in [6, 6.07) is 7.53. The number of likely N-dealkylation sites (tertiary alicyclic amines) is 1. The van der Waals surface area contributed by atoms with Gasteiger partial charge in [-0.15, -0.1) is 11.3 Å². The summed E-state index contributed by atoms with van der Waals surface area (Å²) in [5.74, 6) is -1.08. The van der Waals surface area contributed by atoms with Gasteiger partial charge in [0.05, 0.1) is 25.3 Å². The van der Waals surface area contributed by atoms with Crippen molar-refractivity contribution in [2.75, 3.05) is 37.7 Å². The highest BCUT2D eigenvalue weighted by Gasteiger charge is 2.28. The van der Waals surface area contributed by atoms with Gasteiger partial charge in [-0.2, -0.15) is 4.99 Å². The standard InChI is InChI=1S/C25H33N5O6S/c1-3-35-23(33)15-29-11-8-20(9-12-29)30(13-10-22(31)32)24-28-21(16-37-24)19-6-4-18(5-7-19)14-27-25(34)36-17(2)26/h4-7,14,16-17,20H,3,8-13,15,26H2,1-2H3,(H,31,32). The van der Waals surface area contributed by atoms with E-state index in [1.807, 2.05) is 29.6 Å². The molecule has 1 aliphatic heterocycles. The Balaban J connectivity index is 1.67. The van der Waals surface area contributed by atoms with E-state index in [-0.39, 0.29) is 25.0 Å². The molecule has 0 radical (unpaired) electrons. The summed E-state index contributed by atoms with van der Waals surface area (Å²) in [5, 5.41) is 12.0. The summed E-state index contributed by atoms with van der Waals surface area (Å²) in [5.41, 5.74) is 7.80. The number of nitrogens with two attached hydrogens (primary N) is 1. The molecule has 3 N–H and O–H groups in total. The number of nitrogens with zero attached hydrogens (tertiary/aromatic N) is 4. The lowest BCUT2D eigenvalue weighted by atomic mass is 10.0. The summed E-state index contributed by atoms with van der Waals surface area (Å²) >= 11 is 1.47. The van der Waals surface area contributed by atoms with Crippen LogP contribution in [0, 0.1) is 0 Å². The molecule has 0 saturated carbocycles. The molecule has 1 aromatic heterocycles. The molecular formula is C25H33N5O6S. The number of carboxylic acid groups (broad SMARTS) is 1. The number of piperidine rings is 1. The first-order valence-electron chi connectivity index (χ1n) is 12.2. The molecule has 1 fully saturated rings. The minimum absolute atomic E-state index is 0.0113. The van der Waals surface area contributed by atoms with Crippen molar-refractivity contribution in [3.63, 3.8) is 0 Å². The van der Waals surface area contributed by atoms with Gasteiger partial charge in [0.25, 0.3) is 0 Å². The van der Waals surface area contributed by atoms with Crippen molar-refractivity contribution in [2.45, 2.75) is 45.4 Å². The molecule has 2 aromatic rings. The maximum Gasteiger partial charge on any atom is 0.435 e. The van der Waals surface area contributed by atoms with Crippen LogP contribution in [0.25, 0.3) is 11.3 Å². The van der Waals surface area contributed by atoms with Gasteiger partial charge < -0.3 is 19.5 Å². The van der Waals surface area contributed by atoms with E-state index in [0.29, 0.717) is 13.2 Å². The summed E-state index contributed by atoms with van der Waals surface area (Å²) in [6.07, 6.45) is 1.54. The molecule has 1 aromatic carbocycles. The quantitative estimate of drug-likeness (QED) is 0.252. The maximum atomic E-state index is 11.8. The fourth-order valence-corrected chi connectivity index (χ4v) is 4.95. The number of aliphatic carboxylic acids is 1. The van der Waals surface area contributed by atoms with Crippen LogP contribution in [0.3, 0.4) is 0 Å². The lowest BCUT2D eigenvalue weighted by Crippen LogP contribution is -2.47. The second kappa shape index (κ2) is 13.8. The third-order valence-corrected chi connectivity index (χ3v) is 6.65. The number of hydrogen-bond donors (Lipinski definition) is 2. The zero-order valence-electron chi connectivity index (χ0n) is 21.0. The zero-order valence-corrected chi connectivity index (χ0v) is 21.9. The van der Waals surface area contributed by atoms with Gasteiger partial charge >= 0.3 is 18.0 Å². The molecule has 1 unspecified atom stereocenters. The lowest BCUT2D eigenvalue weighted by Gasteiger charge is -2.38. The van der Waals surface area contributed by atoms with Crippen LogP contribution in [-0.2, 0) is 19.1 Å². The van der Waals surface area contributed by atoms with Crippen LogP contribution < -0.4 is 10.6 Å². The number of aliphatic imine (C=N–C) groups is 1. The van der Waals surface area contributed by atoms with Crippen LogP contribution in [0.4, 0.5) is 9.93 Å². The summed E-state index contributed by atoms with van der Waals surface area (Å²) in [6.45, 7) is 5.78. The Morgan fingerprint density at radius 2 is 2.00 bits per heavy atom. The Hall–Kier alpha value is -3.35. The number of thiazole rings is 1. The molecule has 1 aliphatic rings. The third-order valence-electron chi connectivity index (χ3n) is 5.77. The summed E-state index contributed by atoms with van der Waals surface area (Å²) in [7, 11) is 0. The van der Waals surface area contributed by atoms with Gasteiger partial charge in [-0.1, -0.05) is 24.3 Å². The molecule has 0 spiro atoms. The molecule has 1 atom stereocenters. The SMILES string of the molecule is CCOC(=O)CN1CCC(N(CCC(=O)O)c2nc(-c3ccc(C=NC(=O)OC(C)N)cc3)cs2)CC1. The van der Waals surface area contributed by atoms with Gasteiger partial charge in [0.1, 0.15) is 6.23 Å². The minimum Gasteiger partial charge on any atom is -0.481 e. The average Bonchev–Trinajstić information content (AvgIpc) is 3.34. The molecule has 200 valence electrons. The lowest BCUT2D eigenvalue weighted by molar-refractivity contribution is -0.144. The van der Waals surface area contributed by atoms with E-state index < -0.39 is 18.3 Å². The van der Waals surface area contributed by atoms with E-state index in [0.717, 1.165) is 47.9 Å². The number of carboxylic acids is 1. The highest BCUT2D eigenvalue weighted by molar-refractivity contribution is 7.14. The molecule has 11 nitrogen and oxygen atoms in total. The molecule has 1 amide bonds. The topological polar surface area (TPSA) is 148 Å². The highest BCUT2D eigenvalue weighted by atomic mass is 32.1. The van der Waals surface area contributed by atoms with Crippen LogP contribution in [0.5, 0.6) is 0 Å². The van der Waals surface area contributed by atoms with Crippen molar-refractivity contribution in [3.05, 3.63) is 35.2 Å². The van der Waals surface area contributed by atoms with Gasteiger partial charge in [0.15, 0.2) is 5.13 Å². The number of hydrogen-bond acceptors (Lipinski definition) is 10. The van der Waals surface area contributed by atoms with Crippen LogP contribution in [0.15, 0.2) is 34.6 Å². The summed E-state index contributed by atoms with van der Waals surface area (Å²) < 4.78 is 9.82. The molecule has 2 heterocycles. The van der Waals surface area contributed by atoms with Gasteiger partial charge in [-0.05, 0) is 32.3 Å². The predicted molar refractivity (Wildman–Crippen MR) is 141 cm³/mol. The number of benzene rings is 1. The molecule has 3 rings (SSSR count). The van der Waals surface area contributed by atoms with E-state index in [4.69, 9.17) is 20.2 Å². The Morgan fingerprint density at radius 1 is 1.30 bits per heavy atom. The first-order valence-corrected chi connectivity index (χ1v) is 13.1. The molecule has 12 heteroatoms. The zero-order chi connectivity index (χ0) is 26.8. The van der Waals surface area contributed by atoms with Crippen molar-refractivity contribution in [2.24, 2.45) is 10.7 Å². The number of esters is 1. The van der Waals surface area contributed by atoms with Gasteiger partial charge in [-0.3, -0.25) is 20.2 Å². The second-order valence-electron chi connectivity index (χ2n) is 8.63. The first-order chi connectivity index (χ1) is 17.7. The second-order valence-corrected chi connectivity index (χ2v) is 9.47. The number of anilines is 1. The van der Waals surface area contributed by atoms with Crippen molar-refractivity contribution in [1.29, 1.82) is 0 Å². The van der Waals surface area contributed by atoms with Crippen LogP contribution in [0.1, 0.15) is 38.7 Å². The maximum absolute atomic E-state index is 11.8. The van der Waals surface area contributed by atoms with E-state index in [1.165, 1.54) is 17.6 Å². The van der Waals surface area contributed by atoms with Crippen LogP contribution in [0.2, 0.25) is 0 Å². The van der Waals surface area contributed by atoms with E-state index in [9.17, 15) is 19.5 Å². The Kier molecular flexibility index (Phi) is 10.5. The van der Waals surface area contributed by atoms with Gasteiger partial charge in [0, 0.05) is 42.8 Å². The fourth-order valence-electron chi connectivity index (χ4n) is 4.01. The van der Waals surface area contributed by atoms with Crippen LogP contribution in [-0.4, -0.2) is 84.3 Å². The van der Waals surface area contributed by atoms with E-state index in [2.05, 4.69) is 14.8 Å². The Labute approximate surface area is 219 Å². The largest absolute Gasteiger partial charge is 0.481 e. The molecule has 1 saturated heterocycles. The van der Waals surface area contributed by atoms with Crippen molar-refractivity contribution >= 4 is 40.7 Å². The number of aromatic nitrogens is 1. The number of carbonyl (C=O) groups is 3. The predicted octanol–water partition coefficient (Wildman–Crippen LogP) is 2.98. The Morgan fingerprint density at radius 3 is 2.62 bits per heavy atom. The van der Waals surface area contributed by atoms with Gasteiger partial charge in [-0.25, -0.2) is 9.78 Å².